The monoisotopic (exact) mass is 466 g/mol. The first kappa shape index (κ1) is 23.0. The van der Waals surface area contributed by atoms with E-state index in [-0.39, 0.29) is 11.9 Å². The van der Waals surface area contributed by atoms with Crippen molar-refractivity contribution in [1.82, 2.24) is 19.7 Å². The number of rotatable bonds is 4. The zero-order valence-corrected chi connectivity index (χ0v) is 19.7. The Morgan fingerprint density at radius 3 is 2.64 bits per heavy atom. The van der Waals surface area contributed by atoms with Gasteiger partial charge in [-0.15, -0.1) is 0 Å². The van der Waals surface area contributed by atoms with Gasteiger partial charge >= 0.3 is 6.09 Å². The molecular formula is C25H27ClN4O3. The Bertz CT molecular complexity index is 1210. The fraction of sp³-hybridized carbons (Fsp3) is 0.320. The van der Waals surface area contributed by atoms with Crippen LogP contribution in [0.1, 0.15) is 22.8 Å². The number of halogens is 1. The molecule has 1 aromatic heterocycles. The number of piperazine rings is 1. The van der Waals surface area contributed by atoms with Crippen LogP contribution < -0.4 is 0 Å². The van der Waals surface area contributed by atoms with E-state index in [0.29, 0.717) is 35.7 Å². The summed E-state index contributed by atoms with van der Waals surface area (Å²) < 4.78 is 0. The lowest BCUT2D eigenvalue weighted by Gasteiger charge is -2.38. The number of pyridine rings is 1. The fourth-order valence-corrected chi connectivity index (χ4v) is 4.53. The summed E-state index contributed by atoms with van der Waals surface area (Å²) in [4.78, 5) is 34.4. The number of nitrogens with zero attached hydrogens (tertiary/aromatic N) is 4. The zero-order valence-electron chi connectivity index (χ0n) is 19.0. The van der Waals surface area contributed by atoms with Crippen LogP contribution in [0.5, 0.6) is 0 Å². The summed E-state index contributed by atoms with van der Waals surface area (Å²) in [5.74, 6) is -0.134. The molecule has 1 fully saturated rings. The molecule has 172 valence electrons. The number of fused-ring (bicyclic) bond motifs is 1. The van der Waals surface area contributed by atoms with Crippen molar-refractivity contribution < 1.29 is 14.7 Å². The van der Waals surface area contributed by atoms with Gasteiger partial charge in [0.1, 0.15) is 0 Å². The highest BCUT2D eigenvalue weighted by molar-refractivity contribution is 6.35. The van der Waals surface area contributed by atoms with Gasteiger partial charge in [0.2, 0.25) is 0 Å². The SMILES string of the molecule is CC1CN(C(=O)c2ccc3c(Cl)cc(-c4cccc(CN(C)C)c4)nc3c2)CCN1C(=O)O. The minimum atomic E-state index is -0.957. The number of amides is 2. The number of carbonyl (C=O) groups excluding carboxylic acids is 1. The van der Waals surface area contributed by atoms with Crippen molar-refractivity contribution in [2.75, 3.05) is 33.7 Å². The standard InChI is InChI=1S/C25H27ClN4O3/c1-16-14-29(9-10-30(16)25(32)33)24(31)19-7-8-20-21(26)13-22(27-23(20)12-19)18-6-4-5-17(11-18)15-28(2)3/h4-8,11-13,16H,9-10,14-15H2,1-3H3,(H,32,33). The Balaban J connectivity index is 1.64. The van der Waals surface area contributed by atoms with Crippen LogP contribution in [0.4, 0.5) is 4.79 Å². The van der Waals surface area contributed by atoms with Crippen molar-refractivity contribution in [3.63, 3.8) is 0 Å². The predicted molar refractivity (Wildman–Crippen MR) is 130 cm³/mol. The third-order valence-corrected chi connectivity index (χ3v) is 6.20. The molecule has 2 heterocycles. The van der Waals surface area contributed by atoms with Gasteiger partial charge in [0.25, 0.3) is 5.91 Å². The molecule has 7 nitrogen and oxygen atoms in total. The number of carboxylic acid groups (broad SMARTS) is 1. The van der Waals surface area contributed by atoms with E-state index in [0.717, 1.165) is 23.2 Å². The Hall–Kier alpha value is -3.16. The molecule has 4 rings (SSSR count). The second-order valence-corrected chi connectivity index (χ2v) is 9.14. The van der Waals surface area contributed by atoms with Gasteiger partial charge in [-0.25, -0.2) is 9.78 Å². The Kier molecular flexibility index (Phi) is 6.54. The van der Waals surface area contributed by atoms with Crippen LogP contribution in [0.2, 0.25) is 5.02 Å². The summed E-state index contributed by atoms with van der Waals surface area (Å²) in [5, 5.41) is 10.6. The predicted octanol–water partition coefficient (Wildman–Crippen LogP) is 4.44. The first-order chi connectivity index (χ1) is 15.7. The Morgan fingerprint density at radius 2 is 1.94 bits per heavy atom. The molecule has 1 aliphatic heterocycles. The highest BCUT2D eigenvalue weighted by Crippen LogP contribution is 2.29. The van der Waals surface area contributed by atoms with E-state index in [2.05, 4.69) is 17.0 Å². The molecule has 0 saturated carbocycles. The van der Waals surface area contributed by atoms with E-state index in [1.165, 1.54) is 10.5 Å². The normalized spacial score (nSPS) is 16.5. The van der Waals surface area contributed by atoms with Crippen LogP contribution in [-0.4, -0.2) is 76.6 Å². The highest BCUT2D eigenvalue weighted by Gasteiger charge is 2.30. The summed E-state index contributed by atoms with van der Waals surface area (Å²) in [6.07, 6.45) is -0.957. The van der Waals surface area contributed by atoms with Crippen LogP contribution in [-0.2, 0) is 6.54 Å². The lowest BCUT2D eigenvalue weighted by molar-refractivity contribution is 0.0507. The maximum atomic E-state index is 13.1. The van der Waals surface area contributed by atoms with Gasteiger partial charge in [0.05, 0.1) is 16.2 Å². The van der Waals surface area contributed by atoms with Gasteiger partial charge in [-0.05, 0) is 50.8 Å². The first-order valence-electron chi connectivity index (χ1n) is 10.9. The zero-order chi connectivity index (χ0) is 23.7. The van der Waals surface area contributed by atoms with Gasteiger partial charge in [-0.3, -0.25) is 4.79 Å². The first-order valence-corrected chi connectivity index (χ1v) is 11.2. The van der Waals surface area contributed by atoms with Gasteiger partial charge in [0.15, 0.2) is 0 Å². The van der Waals surface area contributed by atoms with Crippen LogP contribution in [0.15, 0.2) is 48.5 Å². The lowest BCUT2D eigenvalue weighted by Crippen LogP contribution is -2.55. The molecule has 0 spiro atoms. The van der Waals surface area contributed by atoms with E-state index in [1.54, 1.807) is 17.0 Å². The molecule has 8 heteroatoms. The molecule has 2 amide bonds. The molecule has 0 aliphatic carbocycles. The maximum absolute atomic E-state index is 13.1. The van der Waals surface area contributed by atoms with Crippen molar-refractivity contribution in [2.45, 2.75) is 19.5 Å². The highest BCUT2D eigenvalue weighted by atomic mass is 35.5. The van der Waals surface area contributed by atoms with Crippen LogP contribution in [0.3, 0.4) is 0 Å². The number of hydrogen-bond donors (Lipinski definition) is 1. The molecule has 1 aliphatic rings. The maximum Gasteiger partial charge on any atom is 0.407 e. The molecule has 1 saturated heterocycles. The summed E-state index contributed by atoms with van der Waals surface area (Å²) >= 11 is 6.58. The molecular weight excluding hydrogens is 440 g/mol. The third kappa shape index (κ3) is 4.94. The molecule has 0 bridgehead atoms. The minimum Gasteiger partial charge on any atom is -0.465 e. The Labute approximate surface area is 198 Å². The van der Waals surface area contributed by atoms with Gasteiger partial charge in [-0.2, -0.15) is 0 Å². The number of benzene rings is 2. The number of carbonyl (C=O) groups is 2. The molecule has 3 aromatic rings. The molecule has 1 unspecified atom stereocenters. The number of aromatic nitrogens is 1. The van der Waals surface area contributed by atoms with Crippen molar-refractivity contribution in [3.8, 4) is 11.3 Å². The third-order valence-electron chi connectivity index (χ3n) is 5.89. The average molecular weight is 467 g/mol. The molecule has 1 atom stereocenters. The van der Waals surface area contributed by atoms with E-state index >= 15 is 0 Å². The summed E-state index contributed by atoms with van der Waals surface area (Å²) in [6.45, 7) is 3.65. The van der Waals surface area contributed by atoms with E-state index < -0.39 is 6.09 Å². The summed E-state index contributed by atoms with van der Waals surface area (Å²) in [7, 11) is 4.05. The summed E-state index contributed by atoms with van der Waals surface area (Å²) in [5.41, 5.74) is 4.06. The van der Waals surface area contributed by atoms with Crippen LogP contribution >= 0.6 is 11.6 Å². The largest absolute Gasteiger partial charge is 0.465 e. The van der Waals surface area contributed by atoms with Crippen LogP contribution in [0.25, 0.3) is 22.2 Å². The van der Waals surface area contributed by atoms with Gasteiger partial charge < -0.3 is 19.8 Å². The molecule has 33 heavy (non-hydrogen) atoms. The second kappa shape index (κ2) is 9.37. The number of hydrogen-bond acceptors (Lipinski definition) is 4. The van der Waals surface area contributed by atoms with Crippen LogP contribution in [0, 0.1) is 0 Å². The Morgan fingerprint density at radius 1 is 1.15 bits per heavy atom. The molecule has 1 N–H and O–H groups in total. The van der Waals surface area contributed by atoms with Crippen molar-refractivity contribution in [1.29, 1.82) is 0 Å². The lowest BCUT2D eigenvalue weighted by atomic mass is 10.0. The molecule has 0 radical (unpaired) electrons. The van der Waals surface area contributed by atoms with E-state index in [9.17, 15) is 14.7 Å². The fourth-order valence-electron chi connectivity index (χ4n) is 4.27. The second-order valence-electron chi connectivity index (χ2n) is 8.74. The summed E-state index contributed by atoms with van der Waals surface area (Å²) in [6, 6.07) is 15.1. The molecule has 2 aromatic carbocycles. The minimum absolute atomic E-state index is 0.134. The topological polar surface area (TPSA) is 77.0 Å². The van der Waals surface area contributed by atoms with Gasteiger partial charge in [0, 0.05) is 48.7 Å². The van der Waals surface area contributed by atoms with E-state index in [1.807, 2.05) is 45.3 Å². The van der Waals surface area contributed by atoms with Gasteiger partial charge in [-0.1, -0.05) is 35.9 Å². The quantitative estimate of drug-likeness (QED) is 0.615. The van der Waals surface area contributed by atoms with Crippen molar-refractivity contribution in [2.24, 2.45) is 0 Å². The van der Waals surface area contributed by atoms with Crippen molar-refractivity contribution in [3.05, 3.63) is 64.7 Å². The van der Waals surface area contributed by atoms with Crippen molar-refractivity contribution >= 4 is 34.5 Å². The smallest absolute Gasteiger partial charge is 0.407 e. The van der Waals surface area contributed by atoms with E-state index in [4.69, 9.17) is 16.6 Å². The average Bonchev–Trinajstić information content (AvgIpc) is 2.77.